The van der Waals surface area contributed by atoms with E-state index in [1.165, 1.54) is 12.8 Å². The van der Waals surface area contributed by atoms with Crippen molar-refractivity contribution in [2.24, 2.45) is 0 Å². The third-order valence-electron chi connectivity index (χ3n) is 7.89. The van der Waals surface area contributed by atoms with Gasteiger partial charge in [0.05, 0.1) is 40.4 Å². The zero-order valence-corrected chi connectivity index (χ0v) is 25.1. The van der Waals surface area contributed by atoms with Gasteiger partial charge in [-0.15, -0.1) is 0 Å². The van der Waals surface area contributed by atoms with Crippen LogP contribution < -0.4 is 0 Å². The van der Waals surface area contributed by atoms with Crippen LogP contribution in [0.2, 0.25) is 13.1 Å². The average molecular weight is 521 g/mol. The Hall–Kier alpha value is -0.336. The molecule has 0 radical (unpaired) electrons. The highest BCUT2D eigenvalue weighted by atomic mass is 28.3. The van der Waals surface area contributed by atoms with Gasteiger partial charge in [0.2, 0.25) is 0 Å². The van der Waals surface area contributed by atoms with Gasteiger partial charge < -0.3 is 34.0 Å². The number of aliphatic carboxylic acids is 1. The number of nitrogens with zero attached hydrogens (tertiary/aromatic N) is 1. The second-order valence-electron chi connectivity index (χ2n) is 11.4. The van der Waals surface area contributed by atoms with Gasteiger partial charge in [-0.3, -0.25) is 0 Å². The third kappa shape index (κ3) is 9.61. The van der Waals surface area contributed by atoms with Crippen molar-refractivity contribution in [1.29, 1.82) is 0 Å². The molecule has 2 aliphatic rings. The van der Waals surface area contributed by atoms with Crippen LogP contribution in [0.5, 0.6) is 0 Å². The zero-order chi connectivity index (χ0) is 25.2. The Balaban J connectivity index is 2.04. The van der Waals surface area contributed by atoms with E-state index in [1.807, 2.05) is 0 Å². The highest BCUT2D eigenvalue weighted by Crippen LogP contribution is 2.35. The summed E-state index contributed by atoms with van der Waals surface area (Å²) >= 11 is 0. The Morgan fingerprint density at radius 2 is 1.85 bits per heavy atom. The second-order valence-corrected chi connectivity index (χ2v) is 16.6. The number of carboxylic acid groups (broad SMARTS) is 1. The van der Waals surface area contributed by atoms with Gasteiger partial charge >= 0.3 is 5.97 Å². The smallest absolute Gasteiger partial charge is 0.359 e. The number of aliphatic hydroxyl groups excluding tert-OH is 2. The van der Waals surface area contributed by atoms with Crippen molar-refractivity contribution in [3.63, 3.8) is 0 Å². The molecule has 5 unspecified atom stereocenters. The van der Waals surface area contributed by atoms with Crippen LogP contribution in [0.4, 0.5) is 0 Å². The third-order valence-corrected chi connectivity index (χ3v) is 12.0. The molecule has 0 amide bonds. The Bertz CT molecular complexity index is 612. The summed E-state index contributed by atoms with van der Waals surface area (Å²) in [5.74, 6) is -0.940. The van der Waals surface area contributed by atoms with Crippen LogP contribution in [0.25, 0.3) is 0 Å². The summed E-state index contributed by atoms with van der Waals surface area (Å²) in [7, 11) is 1.64. The van der Waals surface area contributed by atoms with E-state index in [9.17, 15) is 20.1 Å². The molecule has 0 aromatic carbocycles. The largest absolute Gasteiger partial charge is 0.477 e. The summed E-state index contributed by atoms with van der Waals surface area (Å²) in [4.78, 5) is 11.3. The number of carbonyl (C=O) groups is 1. The summed E-state index contributed by atoms with van der Waals surface area (Å²) in [6.45, 7) is 6.80. The molecule has 200 valence electrons. The van der Waals surface area contributed by atoms with Crippen LogP contribution in [0.15, 0.2) is 0 Å². The lowest BCUT2D eigenvalue weighted by Crippen LogP contribution is -2.54. The molecule has 2 fully saturated rings. The first-order valence-electron chi connectivity index (χ1n) is 13.3. The molecule has 10 heteroatoms. The molecule has 0 aromatic rings. The Morgan fingerprint density at radius 3 is 2.38 bits per heavy atom. The number of aliphatic hydroxyl groups is 2. The highest BCUT2D eigenvalue weighted by Gasteiger charge is 2.40. The molecular formula is C24H50NO7Si2+. The Morgan fingerprint density at radius 1 is 1.18 bits per heavy atom. The van der Waals surface area contributed by atoms with Gasteiger partial charge in [-0.25, -0.2) is 4.79 Å². The van der Waals surface area contributed by atoms with E-state index < -0.39 is 20.9 Å². The van der Waals surface area contributed by atoms with Gasteiger partial charge in [-0.05, 0) is 57.8 Å². The molecule has 2 saturated heterocycles. The van der Waals surface area contributed by atoms with Crippen LogP contribution in [0.3, 0.4) is 0 Å². The van der Waals surface area contributed by atoms with Crippen LogP contribution in [0, 0.1) is 0 Å². The highest BCUT2D eigenvalue weighted by molar-refractivity contribution is 6.59. The molecule has 8 nitrogen and oxygen atoms in total. The molecule has 0 aromatic heterocycles. The lowest BCUT2D eigenvalue weighted by Gasteiger charge is -2.43. The van der Waals surface area contributed by atoms with Crippen LogP contribution in [-0.4, -0.2) is 121 Å². The summed E-state index contributed by atoms with van der Waals surface area (Å²) in [6.07, 6.45) is 8.82. The van der Waals surface area contributed by atoms with Crippen molar-refractivity contribution in [1.82, 2.24) is 0 Å². The normalized spacial score (nSPS) is 29.6. The lowest BCUT2D eigenvalue weighted by atomic mass is 9.96. The van der Waals surface area contributed by atoms with Gasteiger partial charge in [0, 0.05) is 28.7 Å². The van der Waals surface area contributed by atoms with E-state index >= 15 is 0 Å². The van der Waals surface area contributed by atoms with Crippen molar-refractivity contribution >= 4 is 25.0 Å². The predicted octanol–water partition coefficient (Wildman–Crippen LogP) is 0.654. The maximum Gasteiger partial charge on any atom is 0.359 e. The fourth-order valence-corrected chi connectivity index (χ4v) is 8.44. The van der Waals surface area contributed by atoms with Crippen LogP contribution in [0.1, 0.15) is 57.8 Å². The molecule has 34 heavy (non-hydrogen) atoms. The van der Waals surface area contributed by atoms with Gasteiger partial charge in [-0.1, -0.05) is 13.1 Å². The molecule has 2 heterocycles. The van der Waals surface area contributed by atoms with Crippen molar-refractivity contribution in [3.8, 4) is 0 Å². The summed E-state index contributed by atoms with van der Waals surface area (Å²) in [5.41, 5.74) is 0. The summed E-state index contributed by atoms with van der Waals surface area (Å²) in [5, 5.41) is 29.4. The van der Waals surface area contributed by atoms with Crippen molar-refractivity contribution in [2.45, 2.75) is 93.5 Å². The van der Waals surface area contributed by atoms with Gasteiger partial charge in [0.15, 0.2) is 6.54 Å². The fourth-order valence-electron chi connectivity index (χ4n) is 5.62. The lowest BCUT2D eigenvalue weighted by molar-refractivity contribution is -0.905. The molecule has 2 aliphatic heterocycles. The second kappa shape index (κ2) is 13.8. The average Bonchev–Trinajstić information content (AvgIpc) is 2.76. The van der Waals surface area contributed by atoms with Gasteiger partial charge in [0.25, 0.3) is 0 Å². The standard InChI is InChI=1S/C24H49NO7Si2/c1-25(12-13-26,18-22(28)29)17-20(27)19-30-21(8-11-23(33)9-4-6-14-31-23)16-24(34(2)3)10-5-7-15-32-24/h20-21,26-27,34H,4-19H2,1-3,33H3/p+1. The number of hydrogen-bond acceptors (Lipinski definition) is 6. The first-order chi connectivity index (χ1) is 16.0. The number of rotatable bonds is 15. The molecule has 0 aliphatic carbocycles. The maximum absolute atomic E-state index is 11.3. The Kier molecular flexibility index (Phi) is 12.2. The Labute approximate surface area is 210 Å². The molecule has 0 saturated carbocycles. The summed E-state index contributed by atoms with van der Waals surface area (Å²) in [6, 6.07) is 0. The van der Waals surface area contributed by atoms with E-state index in [0.29, 0.717) is 0 Å². The van der Waals surface area contributed by atoms with Crippen LogP contribution >= 0.6 is 0 Å². The number of hydrogen-bond donors (Lipinski definition) is 3. The minimum absolute atomic E-state index is 0.0185. The summed E-state index contributed by atoms with van der Waals surface area (Å²) < 4.78 is 19.1. The molecule has 2 rings (SSSR count). The van der Waals surface area contributed by atoms with Crippen molar-refractivity contribution in [2.75, 3.05) is 53.1 Å². The molecule has 3 N–H and O–H groups in total. The van der Waals surface area contributed by atoms with E-state index in [1.54, 1.807) is 7.05 Å². The molecule has 0 spiro atoms. The topological polar surface area (TPSA) is 105 Å². The zero-order valence-electron chi connectivity index (χ0n) is 22.0. The molecule has 5 atom stereocenters. The first kappa shape index (κ1) is 29.9. The number of carboxylic acids is 1. The van der Waals surface area contributed by atoms with Crippen molar-refractivity contribution in [3.05, 3.63) is 0 Å². The van der Waals surface area contributed by atoms with E-state index in [0.717, 1.165) is 68.4 Å². The van der Waals surface area contributed by atoms with E-state index in [4.69, 9.17) is 14.2 Å². The van der Waals surface area contributed by atoms with Crippen molar-refractivity contribution < 1.29 is 38.8 Å². The molecular weight excluding hydrogens is 470 g/mol. The minimum Gasteiger partial charge on any atom is -0.477 e. The van der Waals surface area contributed by atoms with Gasteiger partial charge in [-0.2, -0.15) is 0 Å². The minimum atomic E-state index is -1.11. The molecule has 0 bridgehead atoms. The quantitative estimate of drug-likeness (QED) is 0.215. The monoisotopic (exact) mass is 520 g/mol. The fraction of sp³-hybridized carbons (Fsp3) is 0.958. The SMILES string of the molecule is C[SiH](C)C1(CC(CCC2([SiH3])CCCCO2)OCC(O)C[N+](C)(CCO)CC(=O)O)CCCCO1. The maximum atomic E-state index is 11.3. The van der Waals surface area contributed by atoms with Crippen LogP contribution in [-0.2, 0) is 19.0 Å². The number of likely N-dealkylation sites (N-methyl/N-ethyl adjacent to an activating group) is 1. The van der Waals surface area contributed by atoms with E-state index in [-0.39, 0.29) is 53.9 Å². The number of quaternary nitrogens is 1. The predicted molar refractivity (Wildman–Crippen MR) is 139 cm³/mol. The van der Waals surface area contributed by atoms with E-state index in [2.05, 4.69) is 13.1 Å². The van der Waals surface area contributed by atoms with Gasteiger partial charge in [0.1, 0.15) is 19.2 Å². The number of ether oxygens (including phenoxy) is 3. The first-order valence-corrected chi connectivity index (χ1v) is 17.1.